The highest BCUT2D eigenvalue weighted by Gasteiger charge is 2.15. The largest absolute Gasteiger partial charge is 0.393 e. The van der Waals surface area contributed by atoms with Gasteiger partial charge in [-0.15, -0.1) is 0 Å². The monoisotopic (exact) mass is 282 g/mol. The lowest BCUT2D eigenvalue weighted by Gasteiger charge is -2.26. The zero-order valence-corrected chi connectivity index (χ0v) is 11.7. The number of hydrogen-bond donors (Lipinski definition) is 3. The van der Waals surface area contributed by atoms with Gasteiger partial charge in [-0.05, 0) is 12.8 Å². The summed E-state index contributed by atoms with van der Waals surface area (Å²) in [5.74, 6) is 1.21. The number of aliphatic hydroxyl groups is 1. The Morgan fingerprint density at radius 3 is 2.80 bits per heavy atom. The van der Waals surface area contributed by atoms with Crippen LogP contribution in [0.5, 0.6) is 0 Å². The van der Waals surface area contributed by atoms with Crippen molar-refractivity contribution in [3.63, 3.8) is 0 Å². The van der Waals surface area contributed by atoms with Gasteiger partial charge in [0.2, 0.25) is 17.8 Å². The Balaban J connectivity index is 1.97. The maximum atomic E-state index is 9.51. The van der Waals surface area contributed by atoms with E-state index in [1.165, 1.54) is 0 Å². The summed E-state index contributed by atoms with van der Waals surface area (Å²) >= 11 is 0. The lowest BCUT2D eigenvalue weighted by Crippen LogP contribution is -2.37. The number of ether oxygens (including phenoxy) is 1. The Morgan fingerprint density at radius 2 is 2.10 bits per heavy atom. The molecule has 0 aromatic carbocycles. The van der Waals surface area contributed by atoms with E-state index < -0.39 is 0 Å². The van der Waals surface area contributed by atoms with E-state index in [1.807, 2.05) is 11.8 Å². The van der Waals surface area contributed by atoms with Crippen LogP contribution < -0.4 is 16.0 Å². The third kappa shape index (κ3) is 4.17. The summed E-state index contributed by atoms with van der Waals surface area (Å²) < 4.78 is 5.30. The van der Waals surface area contributed by atoms with E-state index >= 15 is 0 Å². The van der Waals surface area contributed by atoms with Crippen molar-refractivity contribution in [2.24, 2.45) is 0 Å². The molecular weight excluding hydrogens is 260 g/mol. The van der Waals surface area contributed by atoms with Crippen LogP contribution in [-0.4, -0.2) is 59.0 Å². The average Bonchev–Trinajstić information content (AvgIpc) is 2.47. The van der Waals surface area contributed by atoms with Crippen molar-refractivity contribution in [2.45, 2.75) is 25.9 Å². The van der Waals surface area contributed by atoms with E-state index in [-0.39, 0.29) is 12.1 Å². The van der Waals surface area contributed by atoms with Crippen molar-refractivity contribution in [3.05, 3.63) is 0 Å². The molecule has 8 heteroatoms. The summed E-state index contributed by atoms with van der Waals surface area (Å²) in [6.45, 7) is 5.37. The van der Waals surface area contributed by atoms with Crippen LogP contribution in [0, 0.1) is 0 Å². The Bertz CT molecular complexity index is 424. The van der Waals surface area contributed by atoms with Gasteiger partial charge < -0.3 is 25.8 Å². The molecule has 1 atom stereocenters. The molecule has 0 aliphatic carbocycles. The van der Waals surface area contributed by atoms with Gasteiger partial charge in [0.15, 0.2) is 0 Å². The van der Waals surface area contributed by atoms with Crippen molar-refractivity contribution >= 4 is 17.8 Å². The Morgan fingerprint density at radius 1 is 1.35 bits per heavy atom. The molecule has 2 heterocycles. The first-order chi connectivity index (χ1) is 9.69. The molecule has 0 amide bonds. The van der Waals surface area contributed by atoms with E-state index in [4.69, 9.17) is 10.5 Å². The molecule has 1 aromatic heterocycles. The van der Waals surface area contributed by atoms with E-state index in [1.54, 1.807) is 0 Å². The van der Waals surface area contributed by atoms with Gasteiger partial charge in [0.25, 0.3) is 0 Å². The lowest BCUT2D eigenvalue weighted by molar-refractivity contribution is 0.122. The van der Waals surface area contributed by atoms with Gasteiger partial charge in [-0.25, -0.2) is 0 Å². The van der Waals surface area contributed by atoms with E-state index in [9.17, 15) is 5.11 Å². The van der Waals surface area contributed by atoms with Gasteiger partial charge >= 0.3 is 0 Å². The SMILES string of the molecule is CCC(O)CCNc1nc(N)nc(N2CCOCC2)n1. The number of hydrogen-bond acceptors (Lipinski definition) is 8. The molecule has 8 nitrogen and oxygen atoms in total. The number of rotatable bonds is 6. The van der Waals surface area contributed by atoms with Crippen LogP contribution in [0.4, 0.5) is 17.8 Å². The van der Waals surface area contributed by atoms with Gasteiger partial charge in [-0.2, -0.15) is 15.0 Å². The molecule has 0 bridgehead atoms. The van der Waals surface area contributed by atoms with Crippen molar-refractivity contribution in [1.29, 1.82) is 0 Å². The molecule has 0 spiro atoms. The average molecular weight is 282 g/mol. The quantitative estimate of drug-likeness (QED) is 0.661. The van der Waals surface area contributed by atoms with E-state index in [2.05, 4.69) is 20.3 Å². The molecule has 4 N–H and O–H groups in total. The van der Waals surface area contributed by atoms with Crippen LogP contribution in [-0.2, 0) is 4.74 Å². The molecular formula is C12H22N6O2. The Hall–Kier alpha value is -1.67. The predicted octanol–water partition coefficient (Wildman–Crippen LogP) is -0.137. The summed E-state index contributed by atoms with van der Waals surface area (Å²) in [5, 5.41) is 12.6. The minimum atomic E-state index is -0.305. The zero-order chi connectivity index (χ0) is 14.4. The molecule has 1 fully saturated rings. The molecule has 0 saturated carbocycles. The zero-order valence-electron chi connectivity index (χ0n) is 11.7. The normalized spacial score (nSPS) is 17.0. The molecule has 20 heavy (non-hydrogen) atoms. The standard InChI is InChI=1S/C12H22N6O2/c1-2-9(19)3-4-14-11-15-10(13)16-12(17-11)18-5-7-20-8-6-18/h9,19H,2-8H2,1H3,(H3,13,14,15,16,17). The summed E-state index contributed by atoms with van der Waals surface area (Å²) in [7, 11) is 0. The highest BCUT2D eigenvalue weighted by Crippen LogP contribution is 2.13. The van der Waals surface area contributed by atoms with Crippen LogP contribution in [0.25, 0.3) is 0 Å². The first-order valence-electron chi connectivity index (χ1n) is 6.95. The van der Waals surface area contributed by atoms with Gasteiger partial charge in [-0.1, -0.05) is 6.92 Å². The molecule has 2 rings (SSSR count). The van der Waals surface area contributed by atoms with E-state index in [0.717, 1.165) is 19.5 Å². The molecule has 1 aliphatic rings. The number of nitrogens with two attached hydrogens (primary N) is 1. The lowest BCUT2D eigenvalue weighted by atomic mass is 10.2. The van der Waals surface area contributed by atoms with Gasteiger partial charge in [-0.3, -0.25) is 0 Å². The third-order valence-corrected chi connectivity index (χ3v) is 3.17. The highest BCUT2D eigenvalue weighted by atomic mass is 16.5. The van der Waals surface area contributed by atoms with Crippen LogP contribution >= 0.6 is 0 Å². The highest BCUT2D eigenvalue weighted by molar-refractivity contribution is 5.42. The predicted molar refractivity (Wildman–Crippen MR) is 76.7 cm³/mol. The first-order valence-corrected chi connectivity index (χ1v) is 6.95. The summed E-state index contributed by atoms with van der Waals surface area (Å²) in [5.41, 5.74) is 5.71. The van der Waals surface area contributed by atoms with Gasteiger partial charge in [0.05, 0.1) is 19.3 Å². The Labute approximate surface area is 118 Å². The first kappa shape index (κ1) is 14.7. The van der Waals surface area contributed by atoms with Crippen LogP contribution in [0.15, 0.2) is 0 Å². The number of aromatic nitrogens is 3. The van der Waals surface area contributed by atoms with Gasteiger partial charge in [0.1, 0.15) is 0 Å². The number of nitrogens with zero attached hydrogens (tertiary/aromatic N) is 4. The maximum Gasteiger partial charge on any atom is 0.232 e. The van der Waals surface area contributed by atoms with Crippen molar-refractivity contribution in [2.75, 3.05) is 48.8 Å². The van der Waals surface area contributed by atoms with Crippen molar-refractivity contribution in [3.8, 4) is 0 Å². The summed E-state index contributed by atoms with van der Waals surface area (Å²) in [4.78, 5) is 14.6. The van der Waals surface area contributed by atoms with Gasteiger partial charge in [0, 0.05) is 19.6 Å². The molecule has 1 aliphatic heterocycles. The third-order valence-electron chi connectivity index (χ3n) is 3.17. The van der Waals surface area contributed by atoms with Crippen molar-refractivity contribution in [1.82, 2.24) is 15.0 Å². The molecule has 0 radical (unpaired) electrons. The minimum absolute atomic E-state index is 0.194. The number of nitrogen functional groups attached to an aromatic ring is 1. The fourth-order valence-electron chi connectivity index (χ4n) is 1.92. The second-order valence-electron chi connectivity index (χ2n) is 4.69. The fraction of sp³-hybridized carbons (Fsp3) is 0.750. The molecule has 1 aromatic rings. The van der Waals surface area contributed by atoms with Crippen LogP contribution in [0.1, 0.15) is 19.8 Å². The molecule has 1 saturated heterocycles. The number of morpholine rings is 1. The van der Waals surface area contributed by atoms with E-state index in [0.29, 0.717) is 38.1 Å². The molecule has 112 valence electrons. The van der Waals surface area contributed by atoms with Crippen LogP contribution in [0.2, 0.25) is 0 Å². The number of aliphatic hydroxyl groups excluding tert-OH is 1. The van der Waals surface area contributed by atoms with Crippen LogP contribution in [0.3, 0.4) is 0 Å². The molecule has 1 unspecified atom stereocenters. The summed E-state index contributed by atoms with van der Waals surface area (Å²) in [6.07, 6.45) is 1.08. The summed E-state index contributed by atoms with van der Waals surface area (Å²) in [6, 6.07) is 0. The topological polar surface area (TPSA) is 109 Å². The fourth-order valence-corrected chi connectivity index (χ4v) is 1.92. The smallest absolute Gasteiger partial charge is 0.232 e. The second kappa shape index (κ2) is 7.20. The van der Waals surface area contributed by atoms with Crippen molar-refractivity contribution < 1.29 is 9.84 Å². The number of anilines is 3. The second-order valence-corrected chi connectivity index (χ2v) is 4.69. The minimum Gasteiger partial charge on any atom is -0.393 e. The maximum absolute atomic E-state index is 9.51. The number of nitrogens with one attached hydrogen (secondary N) is 1. The Kier molecular flexibility index (Phi) is 5.31.